The van der Waals surface area contributed by atoms with Crippen molar-refractivity contribution in [2.45, 2.75) is 70.7 Å². The number of aromatic nitrogens is 2. The standard InChI is InChI=1S/C36H45N7O2/c1-6-33(44)43-20-19-42(23-29(43)21-37-4)35-30-17-18-41(32-16-10-13-27-12-9-11-25(2)34(27)32)24-31(30)38-36(39-35)45-26(3)22-40(5)28-14-7-8-15-28/h6,9-13,16,26,28-29H,1,7-8,14-15,17-24H2,2-3,5H3/t26-,29-/m0/s1. The summed E-state index contributed by atoms with van der Waals surface area (Å²) in [6, 6.07) is 13.8. The lowest BCUT2D eigenvalue weighted by atomic mass is 9.99. The highest BCUT2D eigenvalue weighted by molar-refractivity contribution is 5.97. The molecular formula is C36H45N7O2. The van der Waals surface area contributed by atoms with Gasteiger partial charge in [-0.3, -0.25) is 9.69 Å². The molecule has 0 radical (unpaired) electrons. The largest absolute Gasteiger partial charge is 0.459 e. The SMILES string of the molecule is [C-]#[N+]C[C@H]1CN(c2nc(O[C@@H](C)CN(C)C3CCCC3)nc3c2CCN(c2cccc4cccc(C)c24)C3)CCN1C(=O)C=C. The van der Waals surface area contributed by atoms with Crippen LogP contribution in [0, 0.1) is 13.5 Å². The molecule has 1 amide bonds. The summed E-state index contributed by atoms with van der Waals surface area (Å²) in [6.07, 6.45) is 7.17. The maximum atomic E-state index is 12.6. The maximum Gasteiger partial charge on any atom is 0.318 e. The number of likely N-dealkylation sites (N-methyl/N-ethyl adjacent to an activating group) is 1. The van der Waals surface area contributed by atoms with Crippen molar-refractivity contribution in [2.24, 2.45) is 0 Å². The lowest BCUT2D eigenvalue weighted by Crippen LogP contribution is -2.56. The second kappa shape index (κ2) is 13.5. The van der Waals surface area contributed by atoms with Crippen LogP contribution in [0.4, 0.5) is 11.5 Å². The Kier molecular flexibility index (Phi) is 9.22. The van der Waals surface area contributed by atoms with Gasteiger partial charge in [-0.15, -0.1) is 0 Å². The topological polar surface area (TPSA) is 69.4 Å². The number of hydrogen-bond acceptors (Lipinski definition) is 7. The molecule has 2 fully saturated rings. The Hall–Kier alpha value is -4.16. The maximum absolute atomic E-state index is 12.6. The van der Waals surface area contributed by atoms with Crippen LogP contribution in [0.2, 0.25) is 0 Å². The normalized spacial score (nSPS) is 19.4. The van der Waals surface area contributed by atoms with Gasteiger partial charge in [-0.05, 0) is 63.2 Å². The van der Waals surface area contributed by atoms with Crippen LogP contribution in [0.15, 0.2) is 49.1 Å². The van der Waals surface area contributed by atoms with Crippen LogP contribution < -0.4 is 14.5 Å². The zero-order valence-corrected chi connectivity index (χ0v) is 26.9. The number of amides is 1. The summed E-state index contributed by atoms with van der Waals surface area (Å²) < 4.78 is 6.49. The number of hydrogen-bond donors (Lipinski definition) is 0. The lowest BCUT2D eigenvalue weighted by molar-refractivity contribution is -0.128. The lowest BCUT2D eigenvalue weighted by Gasteiger charge is -2.41. The Morgan fingerprint density at radius 3 is 2.69 bits per heavy atom. The summed E-state index contributed by atoms with van der Waals surface area (Å²) in [4.78, 5) is 35.2. The Balaban J connectivity index is 1.32. The number of carbonyl (C=O) groups is 1. The predicted octanol–water partition coefficient (Wildman–Crippen LogP) is 5.27. The fourth-order valence-corrected chi connectivity index (χ4v) is 7.51. The van der Waals surface area contributed by atoms with Gasteiger partial charge in [0.2, 0.25) is 12.5 Å². The molecule has 0 N–H and O–H groups in total. The van der Waals surface area contributed by atoms with Gasteiger partial charge in [0.15, 0.2) is 0 Å². The molecule has 2 aromatic carbocycles. The van der Waals surface area contributed by atoms with Gasteiger partial charge in [0, 0.05) is 55.4 Å². The Bertz CT molecular complexity index is 1590. The molecule has 1 aliphatic carbocycles. The summed E-state index contributed by atoms with van der Waals surface area (Å²) in [6.45, 7) is 19.7. The zero-order valence-electron chi connectivity index (χ0n) is 26.9. The molecule has 6 rings (SSSR count). The van der Waals surface area contributed by atoms with E-state index in [4.69, 9.17) is 21.3 Å². The first-order chi connectivity index (χ1) is 21.9. The van der Waals surface area contributed by atoms with E-state index in [2.05, 4.69) is 83.4 Å². The first kappa shape index (κ1) is 30.8. The number of anilines is 2. The second-order valence-corrected chi connectivity index (χ2v) is 12.9. The number of fused-ring (bicyclic) bond motifs is 2. The van der Waals surface area contributed by atoms with E-state index in [0.29, 0.717) is 38.2 Å². The molecule has 45 heavy (non-hydrogen) atoms. The van der Waals surface area contributed by atoms with Crippen molar-refractivity contribution in [3.8, 4) is 6.01 Å². The molecule has 1 aromatic heterocycles. The molecule has 3 aliphatic rings. The molecule has 0 unspecified atom stereocenters. The molecule has 236 valence electrons. The molecule has 0 spiro atoms. The summed E-state index contributed by atoms with van der Waals surface area (Å²) in [5, 5.41) is 2.52. The van der Waals surface area contributed by atoms with Gasteiger partial charge in [-0.1, -0.05) is 49.8 Å². The highest BCUT2D eigenvalue weighted by Gasteiger charge is 2.35. The van der Waals surface area contributed by atoms with Crippen LogP contribution in [-0.2, 0) is 17.8 Å². The van der Waals surface area contributed by atoms with Crippen molar-refractivity contribution in [2.75, 3.05) is 56.1 Å². The smallest absolute Gasteiger partial charge is 0.318 e. The Morgan fingerprint density at radius 2 is 1.93 bits per heavy atom. The average molecular weight is 608 g/mol. The van der Waals surface area contributed by atoms with E-state index in [1.165, 1.54) is 53.8 Å². The number of aryl methyl sites for hydroxylation is 1. The number of piperazine rings is 1. The Labute approximate surface area is 267 Å². The number of rotatable bonds is 9. The highest BCUT2D eigenvalue weighted by Crippen LogP contribution is 2.36. The van der Waals surface area contributed by atoms with Crippen LogP contribution in [0.1, 0.15) is 49.4 Å². The van der Waals surface area contributed by atoms with Crippen LogP contribution in [0.25, 0.3) is 15.6 Å². The number of benzene rings is 2. The third-order valence-corrected chi connectivity index (χ3v) is 9.80. The summed E-state index contributed by atoms with van der Waals surface area (Å²) in [5.74, 6) is 0.749. The molecule has 9 heteroatoms. The minimum absolute atomic E-state index is 0.0705. The third kappa shape index (κ3) is 6.48. The fourth-order valence-electron chi connectivity index (χ4n) is 7.51. The number of ether oxygens (including phenoxy) is 1. The first-order valence-electron chi connectivity index (χ1n) is 16.4. The van der Waals surface area contributed by atoms with Crippen LogP contribution in [0.3, 0.4) is 0 Å². The molecule has 0 bridgehead atoms. The summed E-state index contributed by atoms with van der Waals surface area (Å²) in [7, 11) is 2.19. The van der Waals surface area contributed by atoms with Crippen LogP contribution in [-0.4, -0.2) is 90.2 Å². The van der Waals surface area contributed by atoms with Crippen molar-refractivity contribution >= 4 is 28.2 Å². The van der Waals surface area contributed by atoms with Gasteiger partial charge in [-0.2, -0.15) is 9.97 Å². The average Bonchev–Trinajstić information content (AvgIpc) is 3.59. The van der Waals surface area contributed by atoms with E-state index < -0.39 is 0 Å². The van der Waals surface area contributed by atoms with E-state index in [9.17, 15) is 4.79 Å². The van der Waals surface area contributed by atoms with Crippen molar-refractivity contribution < 1.29 is 9.53 Å². The van der Waals surface area contributed by atoms with E-state index >= 15 is 0 Å². The van der Waals surface area contributed by atoms with Gasteiger partial charge in [0.05, 0.1) is 12.2 Å². The molecular weight excluding hydrogens is 562 g/mol. The third-order valence-electron chi connectivity index (χ3n) is 9.80. The monoisotopic (exact) mass is 607 g/mol. The second-order valence-electron chi connectivity index (χ2n) is 12.9. The van der Waals surface area contributed by atoms with Crippen molar-refractivity contribution in [3.05, 3.63) is 77.3 Å². The van der Waals surface area contributed by atoms with E-state index in [1.54, 1.807) is 4.90 Å². The summed E-state index contributed by atoms with van der Waals surface area (Å²) >= 11 is 0. The van der Waals surface area contributed by atoms with Crippen molar-refractivity contribution in [1.29, 1.82) is 0 Å². The molecule has 2 aliphatic heterocycles. The van der Waals surface area contributed by atoms with Crippen molar-refractivity contribution in [3.63, 3.8) is 0 Å². The molecule has 2 atom stereocenters. The minimum Gasteiger partial charge on any atom is -0.459 e. The van der Waals surface area contributed by atoms with Crippen LogP contribution >= 0.6 is 0 Å². The predicted molar refractivity (Wildman–Crippen MR) is 180 cm³/mol. The van der Waals surface area contributed by atoms with E-state index in [0.717, 1.165) is 36.6 Å². The molecule has 3 heterocycles. The van der Waals surface area contributed by atoms with Crippen LogP contribution in [0.5, 0.6) is 6.01 Å². The molecule has 9 nitrogen and oxygen atoms in total. The highest BCUT2D eigenvalue weighted by atomic mass is 16.5. The van der Waals surface area contributed by atoms with Gasteiger partial charge in [-0.25, -0.2) is 6.57 Å². The first-order valence-corrected chi connectivity index (χ1v) is 16.4. The minimum atomic E-state index is -0.227. The zero-order chi connectivity index (χ0) is 31.5. The molecule has 1 saturated carbocycles. The van der Waals surface area contributed by atoms with Gasteiger partial charge < -0.3 is 24.3 Å². The quantitative estimate of drug-likeness (QED) is 0.243. The fraction of sp³-hybridized carbons (Fsp3) is 0.500. The van der Waals surface area contributed by atoms with Gasteiger partial charge in [0.1, 0.15) is 18.0 Å². The number of nitrogens with zero attached hydrogens (tertiary/aromatic N) is 7. The molecule has 3 aromatic rings. The summed E-state index contributed by atoms with van der Waals surface area (Å²) in [5.41, 5.74) is 4.60. The Morgan fingerprint density at radius 1 is 1.16 bits per heavy atom. The van der Waals surface area contributed by atoms with E-state index in [-0.39, 0.29) is 24.6 Å². The van der Waals surface area contributed by atoms with Crippen molar-refractivity contribution in [1.82, 2.24) is 19.8 Å². The van der Waals surface area contributed by atoms with Gasteiger partial charge in [0.25, 0.3) is 0 Å². The molecule has 1 saturated heterocycles. The van der Waals surface area contributed by atoms with E-state index in [1.807, 2.05) is 0 Å². The number of carbonyl (C=O) groups excluding carboxylic acids is 1. The van der Waals surface area contributed by atoms with Gasteiger partial charge >= 0.3 is 6.01 Å².